The first kappa shape index (κ1) is 22.7. The van der Waals surface area contributed by atoms with Crippen molar-refractivity contribution in [2.45, 2.75) is 79.1 Å². The quantitative estimate of drug-likeness (QED) is 0.347. The lowest BCUT2D eigenvalue weighted by Crippen LogP contribution is -2.34. The highest BCUT2D eigenvalue weighted by molar-refractivity contribution is 5.82. The van der Waals surface area contributed by atoms with Gasteiger partial charge >= 0.3 is 11.9 Å². The van der Waals surface area contributed by atoms with Crippen LogP contribution in [0, 0.1) is 23.7 Å². The standard InChI is InChI=1S/C22H38O4/c1-5-7-11-17(3)15-25-21(23)19-13-9-10-14-20(19)22(24)26-16-18(4)12-8-6-2/h9-10,17-20H,5-8,11-16H2,1-4H3. The first-order valence-electron chi connectivity index (χ1n) is 10.5. The molecule has 1 rings (SSSR count). The summed E-state index contributed by atoms with van der Waals surface area (Å²) in [7, 11) is 0. The lowest BCUT2D eigenvalue weighted by Gasteiger charge is -2.26. The number of carbonyl (C=O) groups excluding carboxylic acids is 2. The normalized spacial score (nSPS) is 21.8. The SMILES string of the molecule is CCCCC(C)COC(=O)C1CC=CCC1C(=O)OCC(C)CCCC. The van der Waals surface area contributed by atoms with Gasteiger partial charge in [-0.2, -0.15) is 0 Å². The van der Waals surface area contributed by atoms with Crippen LogP contribution in [0.4, 0.5) is 0 Å². The van der Waals surface area contributed by atoms with E-state index in [1.807, 2.05) is 12.2 Å². The van der Waals surface area contributed by atoms with E-state index >= 15 is 0 Å². The molecule has 0 saturated heterocycles. The Morgan fingerprint density at radius 3 is 1.58 bits per heavy atom. The van der Waals surface area contributed by atoms with Crippen molar-refractivity contribution < 1.29 is 19.1 Å². The zero-order chi connectivity index (χ0) is 19.4. The minimum atomic E-state index is -0.406. The molecule has 0 N–H and O–H groups in total. The van der Waals surface area contributed by atoms with Gasteiger partial charge in [-0.15, -0.1) is 0 Å². The predicted octanol–water partition coefficient (Wildman–Crippen LogP) is 5.31. The molecule has 4 atom stereocenters. The highest BCUT2D eigenvalue weighted by atomic mass is 16.5. The van der Waals surface area contributed by atoms with Crippen molar-refractivity contribution in [3.8, 4) is 0 Å². The van der Waals surface area contributed by atoms with Crippen molar-refractivity contribution in [1.29, 1.82) is 0 Å². The van der Waals surface area contributed by atoms with Crippen LogP contribution in [-0.4, -0.2) is 25.2 Å². The highest BCUT2D eigenvalue weighted by Gasteiger charge is 2.36. The molecule has 0 heterocycles. The van der Waals surface area contributed by atoms with E-state index in [-0.39, 0.29) is 11.9 Å². The zero-order valence-electron chi connectivity index (χ0n) is 17.2. The van der Waals surface area contributed by atoms with Crippen molar-refractivity contribution in [1.82, 2.24) is 0 Å². The molecule has 0 aliphatic heterocycles. The zero-order valence-corrected chi connectivity index (χ0v) is 17.2. The second kappa shape index (κ2) is 12.9. The summed E-state index contributed by atoms with van der Waals surface area (Å²) in [4.78, 5) is 25.0. The summed E-state index contributed by atoms with van der Waals surface area (Å²) in [5.74, 6) is -0.586. The van der Waals surface area contributed by atoms with Crippen LogP contribution in [0.5, 0.6) is 0 Å². The van der Waals surface area contributed by atoms with Gasteiger partial charge in [-0.25, -0.2) is 0 Å². The predicted molar refractivity (Wildman–Crippen MR) is 105 cm³/mol. The van der Waals surface area contributed by atoms with E-state index in [9.17, 15) is 9.59 Å². The van der Waals surface area contributed by atoms with Gasteiger partial charge in [-0.3, -0.25) is 9.59 Å². The first-order chi connectivity index (χ1) is 12.5. The highest BCUT2D eigenvalue weighted by Crippen LogP contribution is 2.28. The summed E-state index contributed by atoms with van der Waals surface area (Å²) in [6, 6.07) is 0. The number of ether oxygens (including phenoxy) is 2. The fourth-order valence-electron chi connectivity index (χ4n) is 3.27. The Hall–Kier alpha value is -1.32. The summed E-state index contributed by atoms with van der Waals surface area (Å²) < 4.78 is 11.0. The molecular weight excluding hydrogens is 328 g/mol. The molecule has 4 nitrogen and oxygen atoms in total. The van der Waals surface area contributed by atoms with Gasteiger partial charge in [0.15, 0.2) is 0 Å². The largest absolute Gasteiger partial charge is 0.465 e. The molecular formula is C22H38O4. The average Bonchev–Trinajstić information content (AvgIpc) is 2.66. The van der Waals surface area contributed by atoms with E-state index in [4.69, 9.17) is 9.47 Å². The van der Waals surface area contributed by atoms with E-state index in [0.717, 1.165) is 38.5 Å². The average molecular weight is 367 g/mol. The molecule has 0 saturated carbocycles. The third-order valence-corrected chi connectivity index (χ3v) is 5.16. The monoisotopic (exact) mass is 366 g/mol. The number of carbonyl (C=O) groups is 2. The van der Waals surface area contributed by atoms with Gasteiger partial charge in [0.05, 0.1) is 25.0 Å². The van der Waals surface area contributed by atoms with Crippen LogP contribution >= 0.6 is 0 Å². The Morgan fingerprint density at radius 2 is 1.23 bits per heavy atom. The molecule has 4 unspecified atom stereocenters. The van der Waals surface area contributed by atoms with Gasteiger partial charge in [0, 0.05) is 0 Å². The van der Waals surface area contributed by atoms with E-state index in [1.165, 1.54) is 0 Å². The minimum absolute atomic E-state index is 0.251. The molecule has 0 fully saturated rings. The number of hydrogen-bond acceptors (Lipinski definition) is 4. The third kappa shape index (κ3) is 8.37. The minimum Gasteiger partial charge on any atom is -0.465 e. The van der Waals surface area contributed by atoms with Crippen LogP contribution in [0.25, 0.3) is 0 Å². The van der Waals surface area contributed by atoms with Crippen LogP contribution < -0.4 is 0 Å². The van der Waals surface area contributed by atoms with E-state index in [2.05, 4.69) is 27.7 Å². The Kier molecular flexibility index (Phi) is 11.3. The number of allylic oxidation sites excluding steroid dienone is 2. The number of hydrogen-bond donors (Lipinski definition) is 0. The molecule has 0 aromatic heterocycles. The molecule has 4 heteroatoms. The second-order valence-corrected chi connectivity index (χ2v) is 7.91. The Bertz CT molecular complexity index is 403. The lowest BCUT2D eigenvalue weighted by molar-refractivity contribution is -0.162. The van der Waals surface area contributed by atoms with E-state index in [0.29, 0.717) is 37.9 Å². The molecule has 0 aromatic rings. The summed E-state index contributed by atoms with van der Waals surface area (Å²) in [6.07, 6.45) is 11.8. The molecule has 0 radical (unpaired) electrons. The smallest absolute Gasteiger partial charge is 0.310 e. The van der Waals surface area contributed by atoms with Gasteiger partial charge in [-0.05, 0) is 37.5 Å². The molecule has 0 amide bonds. The van der Waals surface area contributed by atoms with Crippen molar-refractivity contribution >= 4 is 11.9 Å². The molecule has 26 heavy (non-hydrogen) atoms. The topological polar surface area (TPSA) is 52.6 Å². The maximum absolute atomic E-state index is 12.5. The summed E-state index contributed by atoms with van der Waals surface area (Å²) >= 11 is 0. The number of rotatable bonds is 12. The third-order valence-electron chi connectivity index (χ3n) is 5.16. The van der Waals surface area contributed by atoms with Crippen LogP contribution in [0.1, 0.15) is 79.1 Å². The fourth-order valence-corrected chi connectivity index (χ4v) is 3.27. The van der Waals surface area contributed by atoms with Crippen molar-refractivity contribution in [3.05, 3.63) is 12.2 Å². The lowest BCUT2D eigenvalue weighted by atomic mass is 9.83. The van der Waals surface area contributed by atoms with Crippen molar-refractivity contribution in [3.63, 3.8) is 0 Å². The number of unbranched alkanes of at least 4 members (excludes halogenated alkanes) is 2. The van der Waals surface area contributed by atoms with Crippen LogP contribution in [0.3, 0.4) is 0 Å². The molecule has 1 aliphatic carbocycles. The molecule has 1 aliphatic rings. The summed E-state index contributed by atoms with van der Waals surface area (Å²) in [6.45, 7) is 9.41. The van der Waals surface area contributed by atoms with E-state index < -0.39 is 11.8 Å². The second-order valence-electron chi connectivity index (χ2n) is 7.91. The van der Waals surface area contributed by atoms with Gasteiger partial charge in [0.25, 0.3) is 0 Å². The molecule has 0 spiro atoms. The Labute approximate surface area is 159 Å². The fraction of sp³-hybridized carbons (Fsp3) is 0.818. The first-order valence-corrected chi connectivity index (χ1v) is 10.5. The maximum atomic E-state index is 12.5. The Morgan fingerprint density at radius 1 is 0.846 bits per heavy atom. The maximum Gasteiger partial charge on any atom is 0.310 e. The summed E-state index contributed by atoms with van der Waals surface area (Å²) in [5.41, 5.74) is 0. The molecule has 0 aromatic carbocycles. The van der Waals surface area contributed by atoms with Gasteiger partial charge in [-0.1, -0.05) is 65.5 Å². The van der Waals surface area contributed by atoms with Crippen LogP contribution in [-0.2, 0) is 19.1 Å². The van der Waals surface area contributed by atoms with Gasteiger partial charge in [0.1, 0.15) is 0 Å². The van der Waals surface area contributed by atoms with Gasteiger partial charge < -0.3 is 9.47 Å². The van der Waals surface area contributed by atoms with E-state index in [1.54, 1.807) is 0 Å². The van der Waals surface area contributed by atoms with Crippen molar-refractivity contribution in [2.24, 2.45) is 23.7 Å². The van der Waals surface area contributed by atoms with Crippen LogP contribution in [0.15, 0.2) is 12.2 Å². The molecule has 150 valence electrons. The van der Waals surface area contributed by atoms with Gasteiger partial charge in [0.2, 0.25) is 0 Å². The van der Waals surface area contributed by atoms with Crippen molar-refractivity contribution in [2.75, 3.05) is 13.2 Å². The Balaban J connectivity index is 2.48. The molecule has 0 bridgehead atoms. The summed E-state index contributed by atoms with van der Waals surface area (Å²) in [5, 5.41) is 0. The van der Waals surface area contributed by atoms with Crippen LogP contribution in [0.2, 0.25) is 0 Å². The number of esters is 2.